The van der Waals surface area contributed by atoms with Crippen LogP contribution < -0.4 is 5.32 Å². The normalized spacial score (nSPS) is 15.2. The first-order valence-corrected chi connectivity index (χ1v) is 7.56. The summed E-state index contributed by atoms with van der Waals surface area (Å²) in [4.78, 5) is 47.4. The van der Waals surface area contributed by atoms with E-state index in [0.717, 1.165) is 17.0 Å². The zero-order chi connectivity index (χ0) is 18.6. The molecule has 0 saturated carbocycles. The standard InChI is InChI=1S/C16H16F2N2O5/c1-9(16(24)19-12-3-2-10(17)8-11(12)18)25-15(23)6-7-20-13(21)4-5-14(20)22/h2-3,8-9H,4-7H2,1H3,(H,19,24)/t9-/m1/s1. The monoisotopic (exact) mass is 354 g/mol. The molecule has 0 unspecified atom stereocenters. The number of nitrogens with one attached hydrogen (secondary N) is 1. The molecule has 1 aromatic carbocycles. The van der Waals surface area contributed by atoms with E-state index >= 15 is 0 Å². The summed E-state index contributed by atoms with van der Waals surface area (Å²) in [6, 6.07) is 2.62. The van der Waals surface area contributed by atoms with Gasteiger partial charge in [0.2, 0.25) is 11.8 Å². The van der Waals surface area contributed by atoms with Crippen molar-refractivity contribution in [3.8, 4) is 0 Å². The molecule has 1 saturated heterocycles. The summed E-state index contributed by atoms with van der Waals surface area (Å²) < 4.78 is 31.2. The summed E-state index contributed by atoms with van der Waals surface area (Å²) in [6.45, 7) is 1.16. The Labute approximate surface area is 141 Å². The third-order valence-corrected chi connectivity index (χ3v) is 3.56. The number of anilines is 1. The van der Waals surface area contributed by atoms with Crippen LogP contribution in [0.5, 0.6) is 0 Å². The highest BCUT2D eigenvalue weighted by molar-refractivity contribution is 6.02. The van der Waals surface area contributed by atoms with Gasteiger partial charge in [0.1, 0.15) is 11.6 Å². The molecule has 3 amide bonds. The van der Waals surface area contributed by atoms with Gasteiger partial charge in [-0.25, -0.2) is 8.78 Å². The number of carbonyl (C=O) groups is 4. The molecule has 7 nitrogen and oxygen atoms in total. The number of hydrogen-bond donors (Lipinski definition) is 1. The molecule has 1 N–H and O–H groups in total. The van der Waals surface area contributed by atoms with Gasteiger partial charge in [-0.2, -0.15) is 0 Å². The van der Waals surface area contributed by atoms with Crippen LogP contribution in [0.15, 0.2) is 18.2 Å². The first kappa shape index (κ1) is 18.5. The SMILES string of the molecule is C[C@@H](OC(=O)CCN1C(=O)CCC1=O)C(=O)Nc1ccc(F)cc1F. The van der Waals surface area contributed by atoms with Crippen molar-refractivity contribution in [3.63, 3.8) is 0 Å². The van der Waals surface area contributed by atoms with E-state index in [-0.39, 0.29) is 43.3 Å². The Morgan fingerprint density at radius 2 is 1.88 bits per heavy atom. The van der Waals surface area contributed by atoms with Crippen molar-refractivity contribution in [2.24, 2.45) is 0 Å². The third-order valence-electron chi connectivity index (χ3n) is 3.56. The topological polar surface area (TPSA) is 92.8 Å². The Morgan fingerprint density at radius 3 is 2.48 bits per heavy atom. The van der Waals surface area contributed by atoms with E-state index in [1.807, 2.05) is 0 Å². The maximum absolute atomic E-state index is 13.5. The van der Waals surface area contributed by atoms with Gasteiger partial charge in [-0.3, -0.25) is 24.1 Å². The number of esters is 1. The van der Waals surface area contributed by atoms with Crippen LogP contribution in [0.25, 0.3) is 0 Å². The van der Waals surface area contributed by atoms with Gasteiger partial charge in [-0.15, -0.1) is 0 Å². The molecule has 1 aliphatic heterocycles. The molecule has 134 valence electrons. The maximum atomic E-state index is 13.5. The number of halogens is 2. The van der Waals surface area contributed by atoms with Gasteiger partial charge < -0.3 is 10.1 Å². The number of ether oxygens (including phenoxy) is 1. The zero-order valence-electron chi connectivity index (χ0n) is 13.4. The fraction of sp³-hybridized carbons (Fsp3) is 0.375. The van der Waals surface area contributed by atoms with Crippen LogP contribution in [0, 0.1) is 11.6 Å². The Bertz CT molecular complexity index is 706. The van der Waals surface area contributed by atoms with E-state index in [2.05, 4.69) is 5.32 Å². The van der Waals surface area contributed by atoms with Gasteiger partial charge >= 0.3 is 5.97 Å². The third kappa shape index (κ3) is 4.82. The molecule has 2 rings (SSSR count). The molecule has 1 aliphatic rings. The van der Waals surface area contributed by atoms with Gasteiger partial charge in [0.25, 0.3) is 5.91 Å². The largest absolute Gasteiger partial charge is 0.452 e. The molecule has 0 aliphatic carbocycles. The molecule has 0 radical (unpaired) electrons. The number of benzene rings is 1. The van der Waals surface area contributed by atoms with Crippen molar-refractivity contribution in [2.75, 3.05) is 11.9 Å². The van der Waals surface area contributed by atoms with Crippen LogP contribution in [0.4, 0.5) is 14.5 Å². The lowest BCUT2D eigenvalue weighted by molar-refractivity contribution is -0.154. The number of carbonyl (C=O) groups excluding carboxylic acids is 4. The van der Waals surface area contributed by atoms with Crippen LogP contribution in [0.1, 0.15) is 26.2 Å². The molecule has 0 bridgehead atoms. The second kappa shape index (κ2) is 7.82. The van der Waals surface area contributed by atoms with Crippen molar-refractivity contribution in [2.45, 2.75) is 32.3 Å². The summed E-state index contributed by atoms with van der Waals surface area (Å²) in [7, 11) is 0. The number of imide groups is 1. The molecular weight excluding hydrogens is 338 g/mol. The molecule has 9 heteroatoms. The minimum absolute atomic E-state index is 0.114. The second-order valence-corrected chi connectivity index (χ2v) is 5.43. The summed E-state index contributed by atoms with van der Waals surface area (Å²) in [5, 5.41) is 2.18. The van der Waals surface area contributed by atoms with Gasteiger partial charge in [0, 0.05) is 25.5 Å². The lowest BCUT2D eigenvalue weighted by Gasteiger charge is -2.16. The first-order valence-electron chi connectivity index (χ1n) is 7.56. The summed E-state index contributed by atoms with van der Waals surface area (Å²) in [5.74, 6) is -4.04. The number of rotatable bonds is 6. The van der Waals surface area contributed by atoms with Gasteiger partial charge in [0.05, 0.1) is 12.1 Å². The van der Waals surface area contributed by atoms with Crippen molar-refractivity contribution in [3.05, 3.63) is 29.8 Å². The van der Waals surface area contributed by atoms with Crippen molar-refractivity contribution in [1.82, 2.24) is 4.90 Å². The molecule has 1 heterocycles. The highest BCUT2D eigenvalue weighted by Crippen LogP contribution is 2.16. The summed E-state index contributed by atoms with van der Waals surface area (Å²) in [6.07, 6.45) is -1.24. The molecule has 1 fully saturated rings. The average molecular weight is 354 g/mol. The predicted molar refractivity (Wildman–Crippen MR) is 81.1 cm³/mol. The lowest BCUT2D eigenvalue weighted by Crippen LogP contribution is -2.34. The van der Waals surface area contributed by atoms with E-state index in [1.165, 1.54) is 6.92 Å². The molecule has 0 spiro atoms. The molecule has 1 aromatic rings. The van der Waals surface area contributed by atoms with Gasteiger partial charge in [0.15, 0.2) is 6.10 Å². The highest BCUT2D eigenvalue weighted by Gasteiger charge is 2.29. The van der Waals surface area contributed by atoms with E-state index < -0.39 is 29.6 Å². The number of nitrogens with zero attached hydrogens (tertiary/aromatic N) is 1. The van der Waals surface area contributed by atoms with Crippen LogP contribution in [-0.2, 0) is 23.9 Å². The Hall–Kier alpha value is -2.84. The van der Waals surface area contributed by atoms with Crippen molar-refractivity contribution in [1.29, 1.82) is 0 Å². The Morgan fingerprint density at radius 1 is 1.24 bits per heavy atom. The summed E-state index contributed by atoms with van der Waals surface area (Å²) in [5.41, 5.74) is -0.248. The molecule has 1 atom stereocenters. The Balaban J connectivity index is 1.82. The Kier molecular flexibility index (Phi) is 5.79. The summed E-state index contributed by atoms with van der Waals surface area (Å²) >= 11 is 0. The van der Waals surface area contributed by atoms with Crippen LogP contribution in [0.2, 0.25) is 0 Å². The first-order chi connectivity index (χ1) is 11.8. The molecule has 25 heavy (non-hydrogen) atoms. The average Bonchev–Trinajstić information content (AvgIpc) is 2.86. The van der Waals surface area contributed by atoms with Crippen molar-refractivity contribution >= 4 is 29.4 Å². The smallest absolute Gasteiger partial charge is 0.308 e. The maximum Gasteiger partial charge on any atom is 0.308 e. The quantitative estimate of drug-likeness (QED) is 0.615. The fourth-order valence-corrected chi connectivity index (χ4v) is 2.21. The van der Waals surface area contributed by atoms with Crippen LogP contribution >= 0.6 is 0 Å². The minimum atomic E-state index is -1.23. The zero-order valence-corrected chi connectivity index (χ0v) is 13.4. The van der Waals surface area contributed by atoms with E-state index in [1.54, 1.807) is 0 Å². The number of likely N-dealkylation sites (tertiary alicyclic amines) is 1. The fourth-order valence-electron chi connectivity index (χ4n) is 2.21. The van der Waals surface area contributed by atoms with E-state index in [4.69, 9.17) is 4.74 Å². The predicted octanol–water partition coefficient (Wildman–Crippen LogP) is 1.37. The molecular formula is C16H16F2N2O5. The molecule has 0 aromatic heterocycles. The highest BCUT2D eigenvalue weighted by atomic mass is 19.1. The van der Waals surface area contributed by atoms with Gasteiger partial charge in [-0.1, -0.05) is 0 Å². The minimum Gasteiger partial charge on any atom is -0.452 e. The number of hydrogen-bond acceptors (Lipinski definition) is 5. The second-order valence-electron chi connectivity index (χ2n) is 5.43. The van der Waals surface area contributed by atoms with Gasteiger partial charge in [-0.05, 0) is 19.1 Å². The lowest BCUT2D eigenvalue weighted by atomic mass is 10.2. The van der Waals surface area contributed by atoms with Crippen LogP contribution in [-0.4, -0.2) is 41.2 Å². The van der Waals surface area contributed by atoms with Crippen molar-refractivity contribution < 1.29 is 32.7 Å². The van der Waals surface area contributed by atoms with Crippen LogP contribution in [0.3, 0.4) is 0 Å². The number of amides is 3. The van der Waals surface area contributed by atoms with E-state index in [0.29, 0.717) is 6.07 Å². The van der Waals surface area contributed by atoms with E-state index in [9.17, 15) is 28.0 Å².